The second-order valence-electron chi connectivity index (χ2n) is 6.34. The first-order valence-electron chi connectivity index (χ1n) is 6.63. The van der Waals surface area contributed by atoms with Crippen molar-refractivity contribution in [2.24, 2.45) is 0 Å². The minimum atomic E-state index is -1.65. The molecule has 1 aromatic rings. The van der Waals surface area contributed by atoms with Crippen LogP contribution in [0.15, 0.2) is 29.5 Å². The highest BCUT2D eigenvalue weighted by Gasteiger charge is 2.36. The van der Waals surface area contributed by atoms with Gasteiger partial charge in [0.25, 0.3) is 0 Å². The Hall–Kier alpha value is -0.393. The van der Waals surface area contributed by atoms with E-state index in [-0.39, 0.29) is 11.1 Å². The van der Waals surface area contributed by atoms with Crippen molar-refractivity contribution in [2.75, 3.05) is 6.61 Å². The second-order valence-corrected chi connectivity index (χ2v) is 12.1. The molecule has 1 rings (SSSR count). The molecule has 0 bridgehead atoms. The standard InChI is InChI=1S/C14H25BrN2OSi/c1-7-13(17-11-12(15)10-16-17)8-9-18-19(5,6)14(2,3)4/h7,10-11,13H,1,8-9H2,2-6H3. The van der Waals surface area contributed by atoms with Crippen LogP contribution in [-0.2, 0) is 4.43 Å². The van der Waals surface area contributed by atoms with Crippen LogP contribution in [0.3, 0.4) is 0 Å². The van der Waals surface area contributed by atoms with Gasteiger partial charge in [-0.3, -0.25) is 4.68 Å². The van der Waals surface area contributed by atoms with Gasteiger partial charge < -0.3 is 4.43 Å². The predicted octanol–water partition coefficient (Wildman–Crippen LogP) is 4.78. The molecule has 0 amide bonds. The fourth-order valence-corrected chi connectivity index (χ4v) is 2.87. The maximum atomic E-state index is 6.19. The van der Waals surface area contributed by atoms with Crippen molar-refractivity contribution in [3.63, 3.8) is 0 Å². The number of aromatic nitrogens is 2. The summed E-state index contributed by atoms with van der Waals surface area (Å²) in [5, 5.41) is 4.56. The molecule has 0 fully saturated rings. The van der Waals surface area contributed by atoms with Gasteiger partial charge in [-0.15, -0.1) is 6.58 Å². The van der Waals surface area contributed by atoms with Crippen LogP contribution in [0.5, 0.6) is 0 Å². The van der Waals surface area contributed by atoms with Gasteiger partial charge in [0.15, 0.2) is 8.32 Å². The summed E-state index contributed by atoms with van der Waals surface area (Å²) in [7, 11) is -1.65. The molecule has 0 aromatic carbocycles. The molecule has 108 valence electrons. The molecular weight excluding hydrogens is 320 g/mol. The zero-order chi connectivity index (χ0) is 14.7. The fraction of sp³-hybridized carbons (Fsp3) is 0.643. The van der Waals surface area contributed by atoms with E-state index in [0.717, 1.165) is 17.5 Å². The minimum Gasteiger partial charge on any atom is -0.417 e. The minimum absolute atomic E-state index is 0.191. The summed E-state index contributed by atoms with van der Waals surface area (Å²) in [6.07, 6.45) is 6.60. The molecule has 1 heterocycles. The van der Waals surface area contributed by atoms with Crippen molar-refractivity contribution in [1.82, 2.24) is 9.78 Å². The van der Waals surface area contributed by atoms with Crippen LogP contribution in [0.25, 0.3) is 0 Å². The third-order valence-electron chi connectivity index (χ3n) is 3.86. The zero-order valence-electron chi connectivity index (χ0n) is 12.6. The van der Waals surface area contributed by atoms with Crippen molar-refractivity contribution >= 4 is 24.2 Å². The van der Waals surface area contributed by atoms with E-state index in [1.165, 1.54) is 0 Å². The summed E-state index contributed by atoms with van der Waals surface area (Å²) in [6.45, 7) is 16.0. The molecule has 1 aromatic heterocycles. The molecule has 1 atom stereocenters. The van der Waals surface area contributed by atoms with Crippen LogP contribution in [0.4, 0.5) is 0 Å². The molecular formula is C14H25BrN2OSi. The SMILES string of the molecule is C=CC(CCO[Si](C)(C)C(C)(C)C)n1cc(Br)cn1. The van der Waals surface area contributed by atoms with Crippen molar-refractivity contribution in [3.05, 3.63) is 29.5 Å². The Bertz CT molecular complexity index is 423. The van der Waals surface area contributed by atoms with E-state index in [1.807, 2.05) is 17.0 Å². The van der Waals surface area contributed by atoms with Gasteiger partial charge in [0.2, 0.25) is 0 Å². The molecule has 0 spiro atoms. The van der Waals surface area contributed by atoms with Crippen LogP contribution < -0.4 is 0 Å². The average molecular weight is 345 g/mol. The highest BCUT2D eigenvalue weighted by molar-refractivity contribution is 9.10. The Morgan fingerprint density at radius 2 is 2.16 bits per heavy atom. The van der Waals surface area contributed by atoms with E-state index in [9.17, 15) is 0 Å². The number of halogens is 1. The lowest BCUT2D eigenvalue weighted by Crippen LogP contribution is -2.41. The van der Waals surface area contributed by atoms with Crippen LogP contribution in [0.2, 0.25) is 18.1 Å². The lowest BCUT2D eigenvalue weighted by Gasteiger charge is -2.36. The first-order valence-corrected chi connectivity index (χ1v) is 10.3. The van der Waals surface area contributed by atoms with Crippen molar-refractivity contribution in [1.29, 1.82) is 0 Å². The summed E-state index contributed by atoms with van der Waals surface area (Å²) in [6, 6.07) is 0.191. The lowest BCUT2D eigenvalue weighted by molar-refractivity contribution is 0.263. The zero-order valence-corrected chi connectivity index (χ0v) is 15.2. The maximum Gasteiger partial charge on any atom is 0.191 e. The molecule has 0 aliphatic heterocycles. The van der Waals surface area contributed by atoms with Crippen LogP contribution in [0, 0.1) is 0 Å². The predicted molar refractivity (Wildman–Crippen MR) is 86.9 cm³/mol. The van der Waals surface area contributed by atoms with Crippen LogP contribution >= 0.6 is 15.9 Å². The van der Waals surface area contributed by atoms with Gasteiger partial charge in [0.05, 0.1) is 16.7 Å². The average Bonchev–Trinajstić information content (AvgIpc) is 2.69. The van der Waals surface area contributed by atoms with Crippen LogP contribution in [-0.4, -0.2) is 24.7 Å². The summed E-state index contributed by atoms with van der Waals surface area (Å²) < 4.78 is 9.11. The molecule has 0 aliphatic carbocycles. The van der Waals surface area contributed by atoms with Gasteiger partial charge in [-0.1, -0.05) is 26.8 Å². The highest BCUT2D eigenvalue weighted by atomic mass is 79.9. The van der Waals surface area contributed by atoms with Gasteiger partial charge >= 0.3 is 0 Å². The Morgan fingerprint density at radius 3 is 2.58 bits per heavy atom. The summed E-state index contributed by atoms with van der Waals surface area (Å²) >= 11 is 3.41. The van der Waals surface area contributed by atoms with Crippen molar-refractivity contribution in [2.45, 2.75) is 51.4 Å². The van der Waals surface area contributed by atoms with Crippen LogP contribution in [0.1, 0.15) is 33.2 Å². The van der Waals surface area contributed by atoms with E-state index >= 15 is 0 Å². The van der Waals surface area contributed by atoms with Gasteiger partial charge in [-0.2, -0.15) is 5.10 Å². The van der Waals surface area contributed by atoms with Gasteiger partial charge in [-0.05, 0) is 40.5 Å². The molecule has 0 saturated carbocycles. The van der Waals surface area contributed by atoms with E-state index < -0.39 is 8.32 Å². The van der Waals surface area contributed by atoms with Gasteiger partial charge in [0, 0.05) is 12.8 Å². The molecule has 0 N–H and O–H groups in total. The molecule has 1 unspecified atom stereocenters. The van der Waals surface area contributed by atoms with E-state index in [1.54, 1.807) is 6.20 Å². The van der Waals surface area contributed by atoms with E-state index in [0.29, 0.717) is 0 Å². The summed E-state index contributed by atoms with van der Waals surface area (Å²) in [5.41, 5.74) is 0. The van der Waals surface area contributed by atoms with Gasteiger partial charge in [-0.25, -0.2) is 0 Å². The van der Waals surface area contributed by atoms with E-state index in [2.05, 4.69) is 61.5 Å². The van der Waals surface area contributed by atoms with E-state index in [4.69, 9.17) is 4.43 Å². The summed E-state index contributed by atoms with van der Waals surface area (Å²) in [4.78, 5) is 0. The normalized spacial score (nSPS) is 14.4. The summed E-state index contributed by atoms with van der Waals surface area (Å²) in [5.74, 6) is 0. The molecule has 3 nitrogen and oxygen atoms in total. The number of hydrogen-bond donors (Lipinski definition) is 0. The van der Waals surface area contributed by atoms with Gasteiger partial charge in [0.1, 0.15) is 0 Å². The molecule has 0 saturated heterocycles. The second kappa shape index (κ2) is 6.37. The third kappa shape index (κ3) is 4.58. The molecule has 0 aliphatic rings. The first-order chi connectivity index (χ1) is 8.67. The molecule has 19 heavy (non-hydrogen) atoms. The Labute approximate surface area is 126 Å². The quantitative estimate of drug-likeness (QED) is 0.548. The Morgan fingerprint density at radius 1 is 1.53 bits per heavy atom. The number of nitrogens with zero attached hydrogens (tertiary/aromatic N) is 2. The Balaban J connectivity index is 2.54. The highest BCUT2D eigenvalue weighted by Crippen LogP contribution is 2.36. The first kappa shape index (κ1) is 16.7. The molecule has 0 radical (unpaired) electrons. The number of hydrogen-bond acceptors (Lipinski definition) is 2. The maximum absolute atomic E-state index is 6.19. The van der Waals surface area contributed by atoms with Crippen molar-refractivity contribution in [3.8, 4) is 0 Å². The topological polar surface area (TPSA) is 27.1 Å². The number of rotatable bonds is 6. The lowest BCUT2D eigenvalue weighted by atomic mass is 10.2. The third-order valence-corrected chi connectivity index (χ3v) is 8.81. The molecule has 5 heteroatoms. The fourth-order valence-electron chi connectivity index (χ4n) is 1.51. The van der Waals surface area contributed by atoms with Crippen molar-refractivity contribution < 1.29 is 4.43 Å². The number of allylic oxidation sites excluding steroid dienone is 1. The Kier molecular flexibility index (Phi) is 5.59. The largest absolute Gasteiger partial charge is 0.417 e. The monoisotopic (exact) mass is 344 g/mol. The smallest absolute Gasteiger partial charge is 0.191 e.